The second kappa shape index (κ2) is 5.81. The predicted molar refractivity (Wildman–Crippen MR) is 62.6 cm³/mol. The van der Waals surface area contributed by atoms with Gasteiger partial charge in [0.25, 0.3) is 5.91 Å². The lowest BCUT2D eigenvalue weighted by atomic mass is 9.95. The number of carbonyl (C=O) groups is 4. The standard InChI is InChI=1S/C12H16N2O5/c15-9-4-3-7(11(17)14-9)6-10(16)19-8-2-1-5-13-12(8)18/h7-8H,1-6H2,(H,13,18)(H,14,15,17). The molecule has 0 aromatic carbocycles. The SMILES string of the molecule is O=C1CCC(CC(=O)OC2CCCNC2=O)C(=O)N1. The minimum absolute atomic E-state index is 0.0944. The molecule has 2 unspecified atom stereocenters. The van der Waals surface area contributed by atoms with Crippen LogP contribution in [0.5, 0.6) is 0 Å². The second-order valence-corrected chi connectivity index (χ2v) is 4.76. The Morgan fingerprint density at radius 3 is 2.68 bits per heavy atom. The lowest BCUT2D eigenvalue weighted by molar-refractivity contribution is -0.159. The summed E-state index contributed by atoms with van der Waals surface area (Å²) in [7, 11) is 0. The van der Waals surface area contributed by atoms with Gasteiger partial charge in [-0.2, -0.15) is 0 Å². The van der Waals surface area contributed by atoms with E-state index in [1.165, 1.54) is 0 Å². The smallest absolute Gasteiger partial charge is 0.307 e. The van der Waals surface area contributed by atoms with Crippen molar-refractivity contribution in [3.05, 3.63) is 0 Å². The van der Waals surface area contributed by atoms with Crippen LogP contribution in [0, 0.1) is 5.92 Å². The van der Waals surface area contributed by atoms with Crippen molar-refractivity contribution in [1.29, 1.82) is 0 Å². The molecule has 7 heteroatoms. The van der Waals surface area contributed by atoms with E-state index in [0.29, 0.717) is 19.4 Å². The van der Waals surface area contributed by atoms with Gasteiger partial charge in [0.1, 0.15) is 0 Å². The Kier molecular flexibility index (Phi) is 4.13. The summed E-state index contributed by atoms with van der Waals surface area (Å²) in [6, 6.07) is 0. The number of ether oxygens (including phenoxy) is 1. The Morgan fingerprint density at radius 2 is 2.00 bits per heavy atom. The first-order chi connectivity index (χ1) is 9.06. The minimum atomic E-state index is -0.755. The average molecular weight is 268 g/mol. The number of carbonyl (C=O) groups excluding carboxylic acids is 4. The summed E-state index contributed by atoms with van der Waals surface area (Å²) >= 11 is 0. The van der Waals surface area contributed by atoms with Crippen LogP contribution in [0.1, 0.15) is 32.1 Å². The van der Waals surface area contributed by atoms with Crippen LogP contribution in [0.25, 0.3) is 0 Å². The minimum Gasteiger partial charge on any atom is -0.452 e. The summed E-state index contributed by atoms with van der Waals surface area (Å²) in [5.74, 6) is -2.17. The van der Waals surface area contributed by atoms with E-state index in [0.717, 1.165) is 6.42 Å². The number of piperidine rings is 2. The Bertz CT molecular complexity index is 420. The highest BCUT2D eigenvalue weighted by Crippen LogP contribution is 2.18. The number of imide groups is 1. The maximum Gasteiger partial charge on any atom is 0.307 e. The molecule has 7 nitrogen and oxygen atoms in total. The lowest BCUT2D eigenvalue weighted by Gasteiger charge is -2.24. The van der Waals surface area contributed by atoms with Gasteiger partial charge in [0.2, 0.25) is 11.8 Å². The Labute approximate surface area is 110 Å². The molecule has 0 aliphatic carbocycles. The third-order valence-electron chi connectivity index (χ3n) is 3.27. The predicted octanol–water partition coefficient (Wildman–Crippen LogP) is -0.749. The maximum absolute atomic E-state index is 11.7. The van der Waals surface area contributed by atoms with E-state index < -0.39 is 23.9 Å². The number of hydrogen-bond donors (Lipinski definition) is 2. The molecule has 19 heavy (non-hydrogen) atoms. The summed E-state index contributed by atoms with van der Waals surface area (Å²) < 4.78 is 5.07. The van der Waals surface area contributed by atoms with E-state index >= 15 is 0 Å². The highest BCUT2D eigenvalue weighted by molar-refractivity contribution is 5.99. The van der Waals surface area contributed by atoms with E-state index in [1.807, 2.05) is 0 Å². The van der Waals surface area contributed by atoms with Crippen LogP contribution in [0.4, 0.5) is 0 Å². The Hall–Kier alpha value is -1.92. The first-order valence-electron chi connectivity index (χ1n) is 6.37. The van der Waals surface area contributed by atoms with Crippen LogP contribution in [0.2, 0.25) is 0 Å². The van der Waals surface area contributed by atoms with Gasteiger partial charge in [-0.05, 0) is 19.3 Å². The molecule has 2 heterocycles. The van der Waals surface area contributed by atoms with Crippen LogP contribution in [-0.4, -0.2) is 36.3 Å². The van der Waals surface area contributed by atoms with Crippen LogP contribution < -0.4 is 10.6 Å². The normalized spacial score (nSPS) is 27.5. The summed E-state index contributed by atoms with van der Waals surface area (Å²) in [6.07, 6.45) is 0.997. The first-order valence-corrected chi connectivity index (χ1v) is 6.37. The molecule has 0 saturated carbocycles. The molecule has 2 rings (SSSR count). The molecule has 2 saturated heterocycles. The molecule has 0 spiro atoms. The number of nitrogens with one attached hydrogen (secondary N) is 2. The fourth-order valence-electron chi connectivity index (χ4n) is 2.20. The molecule has 2 atom stereocenters. The Morgan fingerprint density at radius 1 is 1.21 bits per heavy atom. The van der Waals surface area contributed by atoms with Crippen molar-refractivity contribution in [2.24, 2.45) is 5.92 Å². The quantitative estimate of drug-likeness (QED) is 0.518. The second-order valence-electron chi connectivity index (χ2n) is 4.76. The fraction of sp³-hybridized carbons (Fsp3) is 0.667. The van der Waals surface area contributed by atoms with Crippen molar-refractivity contribution in [3.63, 3.8) is 0 Å². The summed E-state index contributed by atoms with van der Waals surface area (Å²) in [5, 5.41) is 4.80. The molecule has 0 aromatic rings. The maximum atomic E-state index is 11.7. The molecule has 2 aliphatic rings. The lowest BCUT2D eigenvalue weighted by Crippen LogP contribution is -2.44. The van der Waals surface area contributed by atoms with Crippen LogP contribution in [0.15, 0.2) is 0 Å². The summed E-state index contributed by atoms with van der Waals surface area (Å²) in [5.41, 5.74) is 0. The zero-order chi connectivity index (χ0) is 13.8. The molecule has 0 radical (unpaired) electrons. The van der Waals surface area contributed by atoms with Crippen molar-refractivity contribution in [3.8, 4) is 0 Å². The highest BCUT2D eigenvalue weighted by atomic mass is 16.5. The van der Waals surface area contributed by atoms with Crippen molar-refractivity contribution >= 4 is 23.7 Å². The van der Waals surface area contributed by atoms with Crippen molar-refractivity contribution < 1.29 is 23.9 Å². The van der Waals surface area contributed by atoms with Crippen LogP contribution in [-0.2, 0) is 23.9 Å². The largest absolute Gasteiger partial charge is 0.452 e. The zero-order valence-corrected chi connectivity index (χ0v) is 10.4. The molecular weight excluding hydrogens is 252 g/mol. The van der Waals surface area contributed by atoms with Gasteiger partial charge in [-0.3, -0.25) is 24.5 Å². The third-order valence-corrected chi connectivity index (χ3v) is 3.27. The average Bonchev–Trinajstić information content (AvgIpc) is 2.36. The molecular formula is C12H16N2O5. The van der Waals surface area contributed by atoms with Gasteiger partial charge in [0.15, 0.2) is 6.10 Å². The van der Waals surface area contributed by atoms with Gasteiger partial charge < -0.3 is 10.1 Å². The van der Waals surface area contributed by atoms with E-state index in [-0.39, 0.29) is 24.7 Å². The van der Waals surface area contributed by atoms with Gasteiger partial charge in [0.05, 0.1) is 6.42 Å². The first kappa shape index (κ1) is 13.5. The van der Waals surface area contributed by atoms with Gasteiger partial charge >= 0.3 is 5.97 Å². The highest BCUT2D eigenvalue weighted by Gasteiger charge is 2.31. The van der Waals surface area contributed by atoms with Crippen molar-refractivity contribution in [2.45, 2.75) is 38.2 Å². The van der Waals surface area contributed by atoms with E-state index in [9.17, 15) is 19.2 Å². The third kappa shape index (κ3) is 3.52. The molecule has 2 fully saturated rings. The monoisotopic (exact) mass is 268 g/mol. The molecule has 0 aromatic heterocycles. The fourth-order valence-corrected chi connectivity index (χ4v) is 2.20. The van der Waals surface area contributed by atoms with Gasteiger partial charge in [-0.15, -0.1) is 0 Å². The molecule has 104 valence electrons. The summed E-state index contributed by atoms with van der Waals surface area (Å²) in [6.45, 7) is 0.597. The van der Waals surface area contributed by atoms with Gasteiger partial charge in [0, 0.05) is 18.9 Å². The van der Waals surface area contributed by atoms with E-state index in [4.69, 9.17) is 4.74 Å². The van der Waals surface area contributed by atoms with Crippen LogP contribution in [0.3, 0.4) is 0 Å². The molecule has 2 N–H and O–H groups in total. The summed E-state index contributed by atoms with van der Waals surface area (Å²) in [4.78, 5) is 45.5. The van der Waals surface area contributed by atoms with E-state index in [1.54, 1.807) is 0 Å². The number of hydrogen-bond acceptors (Lipinski definition) is 5. The molecule has 3 amide bonds. The Balaban J connectivity index is 1.82. The van der Waals surface area contributed by atoms with E-state index in [2.05, 4.69) is 10.6 Å². The van der Waals surface area contributed by atoms with Gasteiger partial charge in [-0.1, -0.05) is 0 Å². The van der Waals surface area contributed by atoms with Crippen molar-refractivity contribution in [1.82, 2.24) is 10.6 Å². The van der Waals surface area contributed by atoms with Crippen molar-refractivity contribution in [2.75, 3.05) is 6.54 Å². The topological polar surface area (TPSA) is 102 Å². The number of esters is 1. The molecule has 0 bridgehead atoms. The number of amides is 3. The van der Waals surface area contributed by atoms with Gasteiger partial charge in [-0.25, -0.2) is 0 Å². The number of rotatable bonds is 3. The molecule has 2 aliphatic heterocycles. The zero-order valence-electron chi connectivity index (χ0n) is 10.4. The van der Waals surface area contributed by atoms with Crippen LogP contribution >= 0.6 is 0 Å².